The van der Waals surface area contributed by atoms with Crippen molar-refractivity contribution in [1.29, 1.82) is 0 Å². The molecule has 140 valence electrons. The van der Waals surface area contributed by atoms with Crippen molar-refractivity contribution in [1.82, 2.24) is 15.1 Å². The van der Waals surface area contributed by atoms with E-state index in [0.29, 0.717) is 0 Å². The summed E-state index contributed by atoms with van der Waals surface area (Å²) in [4.78, 5) is 37.8. The summed E-state index contributed by atoms with van der Waals surface area (Å²) in [5, 5.41) is 10.2. The lowest BCUT2D eigenvalue weighted by atomic mass is 10.1. The third kappa shape index (κ3) is 3.05. The fourth-order valence-electron chi connectivity index (χ4n) is 2.95. The van der Waals surface area contributed by atoms with Crippen LogP contribution >= 0.6 is 0 Å². The Hall–Kier alpha value is -3.81. The zero-order valence-electron chi connectivity index (χ0n) is 15.2. The predicted molar refractivity (Wildman–Crippen MR) is 99.6 cm³/mol. The summed E-state index contributed by atoms with van der Waals surface area (Å²) in [5.41, 5.74) is 3.52. The van der Waals surface area contributed by atoms with E-state index in [1.165, 1.54) is 0 Å². The first-order valence-electron chi connectivity index (χ1n) is 8.60. The lowest BCUT2D eigenvalue weighted by Gasteiger charge is -2.12. The lowest BCUT2D eigenvalue weighted by molar-refractivity contribution is -0.116. The van der Waals surface area contributed by atoms with E-state index >= 15 is 0 Å². The van der Waals surface area contributed by atoms with Gasteiger partial charge < -0.3 is 4.42 Å². The van der Waals surface area contributed by atoms with Crippen LogP contribution in [0.1, 0.15) is 31.8 Å². The van der Waals surface area contributed by atoms with E-state index < -0.39 is 24.3 Å². The Morgan fingerprint density at radius 3 is 2.32 bits per heavy atom. The molecule has 2 heterocycles. The molecule has 0 fully saturated rings. The maximum atomic E-state index is 12.3. The van der Waals surface area contributed by atoms with Crippen molar-refractivity contribution in [3.05, 3.63) is 64.7 Å². The summed E-state index contributed by atoms with van der Waals surface area (Å²) >= 11 is 0. The molecule has 0 atom stereocenters. The Bertz CT molecular complexity index is 1080. The van der Waals surface area contributed by atoms with Gasteiger partial charge in [0, 0.05) is 5.56 Å². The van der Waals surface area contributed by atoms with Crippen LogP contribution in [0.2, 0.25) is 0 Å². The third-order valence-corrected chi connectivity index (χ3v) is 4.61. The minimum absolute atomic E-state index is 0.102. The van der Waals surface area contributed by atoms with Crippen LogP contribution in [0.5, 0.6) is 0 Å². The smallest absolute Gasteiger partial charge is 0.322 e. The van der Waals surface area contributed by atoms with Crippen molar-refractivity contribution in [3.63, 3.8) is 0 Å². The molecule has 0 bridgehead atoms. The standard InChI is InChI=1S/C20H16N4O4/c1-11-7-8-13(9-12(11)2)17-22-23-20(28-17)21-16(25)10-24-18(26)14-5-3-4-6-15(14)19(24)27/h3-9H,10H2,1-2H3,(H,21,23,25). The first-order valence-corrected chi connectivity index (χ1v) is 8.60. The van der Waals surface area contributed by atoms with Gasteiger partial charge in [0.15, 0.2) is 0 Å². The summed E-state index contributed by atoms with van der Waals surface area (Å²) in [6.45, 7) is 3.53. The average molecular weight is 376 g/mol. The van der Waals surface area contributed by atoms with Gasteiger partial charge in [-0.2, -0.15) is 0 Å². The molecule has 1 aromatic heterocycles. The molecule has 1 aliphatic rings. The van der Waals surface area contributed by atoms with Crippen molar-refractivity contribution >= 4 is 23.7 Å². The normalized spacial score (nSPS) is 13.0. The van der Waals surface area contributed by atoms with Gasteiger partial charge in [0.05, 0.1) is 11.1 Å². The molecule has 8 nitrogen and oxygen atoms in total. The van der Waals surface area contributed by atoms with Gasteiger partial charge in [-0.15, -0.1) is 5.10 Å². The molecule has 3 aromatic rings. The number of amides is 3. The van der Waals surface area contributed by atoms with Crippen LogP contribution in [0.25, 0.3) is 11.5 Å². The fraction of sp³-hybridized carbons (Fsp3) is 0.150. The van der Waals surface area contributed by atoms with Gasteiger partial charge in [-0.25, -0.2) is 0 Å². The summed E-state index contributed by atoms with van der Waals surface area (Å²) < 4.78 is 5.47. The molecule has 1 N–H and O–H groups in total. The van der Waals surface area contributed by atoms with E-state index in [9.17, 15) is 14.4 Å². The summed E-state index contributed by atoms with van der Waals surface area (Å²) in [7, 11) is 0. The van der Waals surface area contributed by atoms with Gasteiger partial charge >= 0.3 is 6.01 Å². The molecule has 3 amide bonds. The SMILES string of the molecule is Cc1ccc(-c2nnc(NC(=O)CN3C(=O)c4ccccc4C3=O)o2)cc1C. The van der Waals surface area contributed by atoms with Crippen molar-refractivity contribution in [2.45, 2.75) is 13.8 Å². The molecule has 0 saturated heterocycles. The van der Waals surface area contributed by atoms with E-state index in [1.807, 2.05) is 32.0 Å². The van der Waals surface area contributed by atoms with Crippen LogP contribution in [0.3, 0.4) is 0 Å². The molecule has 8 heteroatoms. The zero-order chi connectivity index (χ0) is 19.8. The highest BCUT2D eigenvalue weighted by atomic mass is 16.4. The number of anilines is 1. The highest BCUT2D eigenvalue weighted by molar-refractivity contribution is 6.22. The number of hydrogen-bond acceptors (Lipinski definition) is 6. The fourth-order valence-corrected chi connectivity index (χ4v) is 2.95. The molecule has 0 spiro atoms. The van der Waals surface area contributed by atoms with Crippen molar-refractivity contribution in [2.24, 2.45) is 0 Å². The Balaban J connectivity index is 1.45. The van der Waals surface area contributed by atoms with Crippen molar-refractivity contribution in [2.75, 3.05) is 11.9 Å². The van der Waals surface area contributed by atoms with Crippen LogP contribution in [0.4, 0.5) is 6.01 Å². The summed E-state index contributed by atoms with van der Waals surface area (Å²) in [5.74, 6) is -1.35. The van der Waals surface area contributed by atoms with Gasteiger partial charge in [0.25, 0.3) is 11.8 Å². The predicted octanol–water partition coefficient (Wildman–Crippen LogP) is 2.59. The van der Waals surface area contributed by atoms with Crippen LogP contribution in [0.15, 0.2) is 46.9 Å². The van der Waals surface area contributed by atoms with E-state index in [-0.39, 0.29) is 23.0 Å². The monoisotopic (exact) mass is 376 g/mol. The highest BCUT2D eigenvalue weighted by Gasteiger charge is 2.36. The van der Waals surface area contributed by atoms with Gasteiger partial charge in [0.2, 0.25) is 11.8 Å². The first kappa shape index (κ1) is 17.6. The molecule has 1 aliphatic heterocycles. The number of hydrogen-bond donors (Lipinski definition) is 1. The number of aromatic nitrogens is 2. The number of benzene rings is 2. The number of aryl methyl sites for hydroxylation is 2. The summed E-state index contributed by atoms with van der Waals surface area (Å²) in [6, 6.07) is 12.0. The number of nitrogens with one attached hydrogen (secondary N) is 1. The average Bonchev–Trinajstić information content (AvgIpc) is 3.23. The number of fused-ring (bicyclic) bond motifs is 1. The molecule has 2 aromatic carbocycles. The number of rotatable bonds is 4. The Morgan fingerprint density at radius 2 is 1.68 bits per heavy atom. The van der Waals surface area contributed by atoms with Gasteiger partial charge in [-0.1, -0.05) is 23.3 Å². The zero-order valence-corrected chi connectivity index (χ0v) is 15.2. The van der Waals surface area contributed by atoms with Gasteiger partial charge in [-0.05, 0) is 49.2 Å². The molecule has 0 saturated carbocycles. The molecule has 0 aliphatic carbocycles. The molecule has 0 unspecified atom stereocenters. The quantitative estimate of drug-likeness (QED) is 0.702. The number of imide groups is 1. The largest absolute Gasteiger partial charge is 0.403 e. The second kappa shape index (κ2) is 6.73. The Labute approximate surface area is 160 Å². The van der Waals surface area contributed by atoms with E-state index in [4.69, 9.17) is 4.42 Å². The van der Waals surface area contributed by atoms with Gasteiger partial charge in [0.1, 0.15) is 6.54 Å². The number of carbonyl (C=O) groups excluding carboxylic acids is 3. The molecule has 28 heavy (non-hydrogen) atoms. The molecular formula is C20H16N4O4. The van der Waals surface area contributed by atoms with Crippen LogP contribution in [-0.4, -0.2) is 39.4 Å². The number of carbonyl (C=O) groups is 3. The second-order valence-corrected chi connectivity index (χ2v) is 6.50. The topological polar surface area (TPSA) is 105 Å². The summed E-state index contributed by atoms with van der Waals surface area (Å²) in [6.07, 6.45) is 0. The van der Waals surface area contributed by atoms with Crippen LogP contribution in [-0.2, 0) is 4.79 Å². The molecule has 4 rings (SSSR count). The lowest BCUT2D eigenvalue weighted by Crippen LogP contribution is -2.37. The van der Waals surface area contributed by atoms with Gasteiger partial charge in [-0.3, -0.25) is 24.6 Å². The maximum Gasteiger partial charge on any atom is 0.322 e. The second-order valence-electron chi connectivity index (χ2n) is 6.50. The minimum atomic E-state index is -0.607. The van der Waals surface area contributed by atoms with Crippen LogP contribution < -0.4 is 5.32 Å². The molecular weight excluding hydrogens is 360 g/mol. The maximum absolute atomic E-state index is 12.3. The minimum Gasteiger partial charge on any atom is -0.403 e. The Kier molecular flexibility index (Phi) is 4.23. The van der Waals surface area contributed by atoms with Crippen molar-refractivity contribution < 1.29 is 18.8 Å². The Morgan fingerprint density at radius 1 is 1.00 bits per heavy atom. The first-order chi connectivity index (χ1) is 13.4. The van der Waals surface area contributed by atoms with E-state index in [2.05, 4.69) is 15.5 Å². The van der Waals surface area contributed by atoms with E-state index in [1.54, 1.807) is 24.3 Å². The molecule has 0 radical (unpaired) electrons. The third-order valence-electron chi connectivity index (χ3n) is 4.61. The van der Waals surface area contributed by atoms with Crippen LogP contribution in [0, 0.1) is 13.8 Å². The number of nitrogens with zero attached hydrogens (tertiary/aromatic N) is 3. The highest BCUT2D eigenvalue weighted by Crippen LogP contribution is 2.24. The van der Waals surface area contributed by atoms with Crippen molar-refractivity contribution in [3.8, 4) is 11.5 Å². The van der Waals surface area contributed by atoms with E-state index in [0.717, 1.165) is 21.6 Å².